The van der Waals surface area contributed by atoms with E-state index in [1.54, 1.807) is 0 Å². The molecule has 10 heteroatoms. The van der Waals surface area contributed by atoms with Crippen LogP contribution >= 0.6 is 0 Å². The SMILES string of the molecule is O=C(O)CC(NC(=O)C(CNC(=O)OCC1c2ccccc2-c2ccccc21)C(F)(F)F)C1CC1. The van der Waals surface area contributed by atoms with E-state index in [1.807, 2.05) is 53.8 Å². The minimum atomic E-state index is -4.93. The van der Waals surface area contributed by atoms with Gasteiger partial charge in [0.15, 0.2) is 5.92 Å². The lowest BCUT2D eigenvalue weighted by atomic mass is 9.98. The summed E-state index contributed by atoms with van der Waals surface area (Å²) in [5.74, 6) is -5.51. The number of benzene rings is 2. The Morgan fingerprint density at radius 3 is 2.09 bits per heavy atom. The smallest absolute Gasteiger partial charge is 0.407 e. The lowest BCUT2D eigenvalue weighted by Gasteiger charge is -2.24. The molecule has 2 aliphatic carbocycles. The van der Waals surface area contributed by atoms with Gasteiger partial charge in [-0.05, 0) is 41.0 Å². The zero-order valence-electron chi connectivity index (χ0n) is 18.7. The van der Waals surface area contributed by atoms with E-state index >= 15 is 0 Å². The van der Waals surface area contributed by atoms with Gasteiger partial charge in [-0.2, -0.15) is 13.2 Å². The topological polar surface area (TPSA) is 105 Å². The predicted octanol–water partition coefficient (Wildman–Crippen LogP) is 4.07. The molecule has 35 heavy (non-hydrogen) atoms. The van der Waals surface area contributed by atoms with Crippen LogP contribution in [0.1, 0.15) is 36.3 Å². The minimum Gasteiger partial charge on any atom is -0.481 e. The second kappa shape index (κ2) is 9.97. The number of nitrogens with one attached hydrogen (secondary N) is 2. The Morgan fingerprint density at radius 1 is 1.00 bits per heavy atom. The van der Waals surface area contributed by atoms with Crippen molar-refractivity contribution in [1.82, 2.24) is 10.6 Å². The molecule has 2 aromatic rings. The van der Waals surface area contributed by atoms with Crippen LogP contribution in [-0.4, -0.2) is 48.4 Å². The number of rotatable bonds is 9. The third-order valence-corrected chi connectivity index (χ3v) is 6.42. The molecule has 1 fully saturated rings. The normalized spacial score (nSPS) is 16.5. The van der Waals surface area contributed by atoms with Crippen molar-refractivity contribution in [3.05, 3.63) is 59.7 Å². The highest BCUT2D eigenvalue weighted by molar-refractivity contribution is 5.82. The average molecular weight is 490 g/mol. The summed E-state index contributed by atoms with van der Waals surface area (Å²) in [6, 6.07) is 14.4. The van der Waals surface area contributed by atoms with Gasteiger partial charge in [0.05, 0.1) is 6.42 Å². The summed E-state index contributed by atoms with van der Waals surface area (Å²) in [7, 11) is 0. The summed E-state index contributed by atoms with van der Waals surface area (Å²) < 4.78 is 45.9. The van der Waals surface area contributed by atoms with E-state index in [9.17, 15) is 27.6 Å². The summed E-state index contributed by atoms with van der Waals surface area (Å²) in [5.41, 5.74) is 3.94. The Hall–Kier alpha value is -3.56. The Morgan fingerprint density at radius 2 is 1.57 bits per heavy atom. The number of ether oxygens (including phenoxy) is 1. The van der Waals surface area contributed by atoms with Gasteiger partial charge in [0.2, 0.25) is 5.91 Å². The Bertz CT molecular complexity index is 1070. The number of aliphatic carboxylic acids is 1. The van der Waals surface area contributed by atoms with Gasteiger partial charge >= 0.3 is 18.2 Å². The van der Waals surface area contributed by atoms with Crippen LogP contribution < -0.4 is 10.6 Å². The van der Waals surface area contributed by atoms with Crippen LogP contribution in [0.3, 0.4) is 0 Å². The summed E-state index contributed by atoms with van der Waals surface area (Å²) in [4.78, 5) is 35.6. The highest BCUT2D eigenvalue weighted by Gasteiger charge is 2.46. The molecule has 2 unspecified atom stereocenters. The van der Waals surface area contributed by atoms with Crippen LogP contribution in [0.5, 0.6) is 0 Å². The number of carboxylic acid groups (broad SMARTS) is 1. The Labute approximate surface area is 199 Å². The lowest BCUT2D eigenvalue weighted by molar-refractivity contribution is -0.181. The number of alkyl halides is 3. The number of carboxylic acids is 1. The third kappa shape index (κ3) is 5.75. The molecule has 0 heterocycles. The molecule has 7 nitrogen and oxygen atoms in total. The van der Waals surface area contributed by atoms with Crippen molar-refractivity contribution in [3.8, 4) is 11.1 Å². The first kappa shape index (κ1) is 24.6. The van der Waals surface area contributed by atoms with Crippen molar-refractivity contribution in [3.63, 3.8) is 0 Å². The monoisotopic (exact) mass is 490 g/mol. The molecule has 0 aliphatic heterocycles. The van der Waals surface area contributed by atoms with Crippen molar-refractivity contribution in [1.29, 1.82) is 0 Å². The fourth-order valence-electron chi connectivity index (χ4n) is 4.50. The Balaban J connectivity index is 1.36. The molecule has 0 aromatic heterocycles. The van der Waals surface area contributed by atoms with Gasteiger partial charge in [-0.1, -0.05) is 48.5 Å². The molecule has 2 aromatic carbocycles. The van der Waals surface area contributed by atoms with Gasteiger partial charge in [-0.25, -0.2) is 4.79 Å². The minimum absolute atomic E-state index is 0.0783. The molecule has 4 rings (SSSR count). The molecule has 2 amide bonds. The molecule has 186 valence electrons. The largest absolute Gasteiger partial charge is 0.481 e. The molecule has 3 N–H and O–H groups in total. The number of carbonyl (C=O) groups excluding carboxylic acids is 2. The van der Waals surface area contributed by atoms with Crippen LogP contribution in [0.4, 0.5) is 18.0 Å². The van der Waals surface area contributed by atoms with E-state index in [2.05, 4.69) is 5.32 Å². The molecule has 2 aliphatic rings. The first-order valence-corrected chi connectivity index (χ1v) is 11.3. The van der Waals surface area contributed by atoms with Crippen LogP contribution in [0.2, 0.25) is 0 Å². The quantitative estimate of drug-likeness (QED) is 0.492. The van der Waals surface area contributed by atoms with Gasteiger partial charge < -0.3 is 20.5 Å². The fourth-order valence-corrected chi connectivity index (χ4v) is 4.50. The van der Waals surface area contributed by atoms with E-state index in [-0.39, 0.29) is 18.4 Å². The van der Waals surface area contributed by atoms with Crippen molar-refractivity contribution in [2.45, 2.75) is 37.4 Å². The number of amides is 2. The van der Waals surface area contributed by atoms with Crippen LogP contribution in [-0.2, 0) is 14.3 Å². The van der Waals surface area contributed by atoms with Crippen LogP contribution in [0.15, 0.2) is 48.5 Å². The zero-order chi connectivity index (χ0) is 25.2. The van der Waals surface area contributed by atoms with Crippen LogP contribution in [0, 0.1) is 11.8 Å². The summed E-state index contributed by atoms with van der Waals surface area (Å²) in [6.45, 7) is -1.10. The van der Waals surface area contributed by atoms with Crippen molar-refractivity contribution in [2.24, 2.45) is 11.8 Å². The van der Waals surface area contributed by atoms with Crippen molar-refractivity contribution in [2.75, 3.05) is 13.2 Å². The highest BCUT2D eigenvalue weighted by atomic mass is 19.4. The molecular weight excluding hydrogens is 465 g/mol. The number of hydrogen-bond donors (Lipinski definition) is 3. The van der Waals surface area contributed by atoms with Gasteiger partial charge in [0.1, 0.15) is 6.61 Å². The molecule has 0 saturated heterocycles. The first-order chi connectivity index (χ1) is 16.6. The molecular formula is C25H25F3N2O5. The van der Waals surface area contributed by atoms with Crippen molar-refractivity contribution < 1.29 is 37.4 Å². The lowest BCUT2D eigenvalue weighted by Crippen LogP contribution is -2.50. The van der Waals surface area contributed by atoms with Crippen LogP contribution in [0.25, 0.3) is 11.1 Å². The van der Waals surface area contributed by atoms with Gasteiger partial charge in [0, 0.05) is 18.5 Å². The standard InChI is InChI=1S/C25H25F3N2O5/c26-25(27,28)20(23(33)30-21(11-22(31)32)14-9-10-14)12-29-24(34)35-13-19-17-7-3-1-5-15(17)16-6-2-4-8-18(16)19/h1-8,14,19-21H,9-13H2,(H,29,34)(H,30,33)(H,31,32). The second-order valence-corrected chi connectivity index (χ2v) is 8.85. The fraction of sp³-hybridized carbons (Fsp3) is 0.400. The highest BCUT2D eigenvalue weighted by Crippen LogP contribution is 2.44. The van der Waals surface area contributed by atoms with E-state index in [1.165, 1.54) is 0 Å². The predicted molar refractivity (Wildman–Crippen MR) is 120 cm³/mol. The summed E-state index contributed by atoms with van der Waals surface area (Å²) >= 11 is 0. The first-order valence-electron chi connectivity index (χ1n) is 11.3. The number of carbonyl (C=O) groups is 3. The molecule has 1 saturated carbocycles. The number of alkyl carbamates (subject to hydrolysis) is 1. The van der Waals surface area contributed by atoms with E-state index < -0.39 is 49.1 Å². The van der Waals surface area contributed by atoms with Crippen molar-refractivity contribution >= 4 is 18.0 Å². The Kier molecular flexibility index (Phi) is 7.00. The maximum atomic E-state index is 13.5. The second-order valence-electron chi connectivity index (χ2n) is 8.85. The van der Waals surface area contributed by atoms with E-state index in [0.717, 1.165) is 22.3 Å². The molecule has 0 spiro atoms. The van der Waals surface area contributed by atoms with E-state index in [4.69, 9.17) is 9.84 Å². The summed E-state index contributed by atoms with van der Waals surface area (Å²) in [5, 5.41) is 13.2. The number of hydrogen-bond acceptors (Lipinski definition) is 4. The zero-order valence-corrected chi connectivity index (χ0v) is 18.7. The average Bonchev–Trinajstić information content (AvgIpc) is 3.59. The number of fused-ring (bicyclic) bond motifs is 3. The third-order valence-electron chi connectivity index (χ3n) is 6.42. The van der Waals surface area contributed by atoms with Gasteiger partial charge in [-0.3, -0.25) is 9.59 Å². The maximum Gasteiger partial charge on any atom is 0.407 e. The maximum absolute atomic E-state index is 13.5. The summed E-state index contributed by atoms with van der Waals surface area (Å²) in [6.07, 6.45) is -5.17. The van der Waals surface area contributed by atoms with Gasteiger partial charge in [-0.15, -0.1) is 0 Å². The number of halogens is 3. The molecule has 2 atom stereocenters. The van der Waals surface area contributed by atoms with Gasteiger partial charge in [0.25, 0.3) is 0 Å². The molecule has 0 bridgehead atoms. The van der Waals surface area contributed by atoms with E-state index in [0.29, 0.717) is 12.8 Å². The molecule has 0 radical (unpaired) electrons.